The number of hydrogen-bond donors (Lipinski definition) is 1. The van der Waals surface area contributed by atoms with Gasteiger partial charge in [-0.1, -0.05) is 23.7 Å². The zero-order chi connectivity index (χ0) is 11.5. The zero-order valence-corrected chi connectivity index (χ0v) is 8.85. The Morgan fingerprint density at radius 1 is 1.19 bits per heavy atom. The van der Waals surface area contributed by atoms with E-state index in [1.165, 1.54) is 18.5 Å². The Bertz CT molecular complexity index is 526. The molecule has 0 spiro atoms. The van der Waals surface area contributed by atoms with Crippen molar-refractivity contribution in [2.24, 2.45) is 0 Å². The van der Waals surface area contributed by atoms with Crippen LogP contribution in [0, 0.1) is 0 Å². The molecule has 0 saturated heterocycles. The maximum Gasteiger partial charge on any atom is 0.335 e. The molecule has 1 heterocycles. The summed E-state index contributed by atoms with van der Waals surface area (Å²) >= 11 is 5.73. The van der Waals surface area contributed by atoms with Crippen molar-refractivity contribution in [1.29, 1.82) is 0 Å². The van der Waals surface area contributed by atoms with Gasteiger partial charge in [-0.3, -0.25) is 0 Å². The van der Waals surface area contributed by atoms with Crippen LogP contribution in [-0.4, -0.2) is 21.0 Å². The number of carbonyl (C=O) groups is 1. The smallest absolute Gasteiger partial charge is 0.335 e. The van der Waals surface area contributed by atoms with E-state index >= 15 is 0 Å². The molecule has 0 unspecified atom stereocenters. The van der Waals surface area contributed by atoms with Crippen LogP contribution in [0.15, 0.2) is 36.7 Å². The highest BCUT2D eigenvalue weighted by Gasteiger charge is 2.04. The summed E-state index contributed by atoms with van der Waals surface area (Å²) in [7, 11) is 0. The Kier molecular flexibility index (Phi) is 2.83. The molecule has 0 bridgehead atoms. The summed E-state index contributed by atoms with van der Waals surface area (Å²) in [6, 6.07) is 8.03. The highest BCUT2D eigenvalue weighted by molar-refractivity contribution is 6.29. The van der Waals surface area contributed by atoms with Crippen molar-refractivity contribution >= 4 is 17.6 Å². The van der Waals surface area contributed by atoms with Gasteiger partial charge in [-0.2, -0.15) is 0 Å². The summed E-state index contributed by atoms with van der Waals surface area (Å²) in [6.07, 6.45) is 1.36. The van der Waals surface area contributed by atoms with Crippen molar-refractivity contribution in [3.63, 3.8) is 0 Å². The molecule has 2 aromatic rings. The van der Waals surface area contributed by atoms with Gasteiger partial charge in [0, 0.05) is 11.6 Å². The van der Waals surface area contributed by atoms with Crippen molar-refractivity contribution in [1.82, 2.24) is 9.97 Å². The van der Waals surface area contributed by atoms with Crippen molar-refractivity contribution < 1.29 is 9.90 Å². The summed E-state index contributed by atoms with van der Waals surface area (Å²) in [5.41, 5.74) is 1.70. The van der Waals surface area contributed by atoms with Crippen molar-refractivity contribution in [3.8, 4) is 11.3 Å². The molecule has 0 saturated carbocycles. The predicted molar refractivity (Wildman–Crippen MR) is 59.4 cm³/mol. The van der Waals surface area contributed by atoms with E-state index < -0.39 is 5.97 Å². The van der Waals surface area contributed by atoms with E-state index in [9.17, 15) is 4.79 Å². The van der Waals surface area contributed by atoms with Gasteiger partial charge in [0.25, 0.3) is 0 Å². The lowest BCUT2D eigenvalue weighted by Crippen LogP contribution is -1.95. The standard InChI is InChI=1S/C11H7ClN2O2/c12-10-5-9(13-6-14-10)7-1-3-8(4-2-7)11(15)16/h1-6H,(H,15,16). The van der Waals surface area contributed by atoms with Gasteiger partial charge in [0.2, 0.25) is 0 Å². The first-order chi connectivity index (χ1) is 7.66. The van der Waals surface area contributed by atoms with E-state index in [4.69, 9.17) is 16.7 Å². The van der Waals surface area contributed by atoms with Gasteiger partial charge < -0.3 is 5.11 Å². The number of carboxylic acids is 1. The van der Waals surface area contributed by atoms with E-state index in [-0.39, 0.29) is 5.56 Å². The highest BCUT2D eigenvalue weighted by atomic mass is 35.5. The van der Waals surface area contributed by atoms with Crippen molar-refractivity contribution in [2.75, 3.05) is 0 Å². The molecule has 0 amide bonds. The maximum absolute atomic E-state index is 10.7. The van der Waals surface area contributed by atoms with Crippen LogP contribution < -0.4 is 0 Å². The van der Waals surface area contributed by atoms with Gasteiger partial charge in [-0.05, 0) is 12.1 Å². The Balaban J connectivity index is 2.38. The van der Waals surface area contributed by atoms with Crippen molar-refractivity contribution in [3.05, 3.63) is 47.4 Å². The largest absolute Gasteiger partial charge is 0.478 e. The number of halogens is 1. The summed E-state index contributed by atoms with van der Waals surface area (Å²) in [5.74, 6) is -0.952. The fourth-order valence-electron chi connectivity index (χ4n) is 1.28. The molecule has 0 atom stereocenters. The Morgan fingerprint density at radius 3 is 2.44 bits per heavy atom. The topological polar surface area (TPSA) is 63.1 Å². The number of hydrogen-bond acceptors (Lipinski definition) is 3. The minimum Gasteiger partial charge on any atom is -0.478 e. The molecular formula is C11H7ClN2O2. The van der Waals surface area contributed by atoms with Crippen LogP contribution in [0.1, 0.15) is 10.4 Å². The number of benzene rings is 1. The van der Waals surface area contributed by atoms with Crippen LogP contribution in [0.25, 0.3) is 11.3 Å². The van der Waals surface area contributed by atoms with E-state index in [0.717, 1.165) is 5.56 Å². The monoisotopic (exact) mass is 234 g/mol. The lowest BCUT2D eigenvalue weighted by Gasteiger charge is -2.01. The van der Waals surface area contributed by atoms with Gasteiger partial charge in [0.05, 0.1) is 11.3 Å². The Morgan fingerprint density at radius 2 is 1.88 bits per heavy atom. The molecular weight excluding hydrogens is 228 g/mol. The second kappa shape index (κ2) is 4.28. The van der Waals surface area contributed by atoms with Gasteiger partial charge >= 0.3 is 5.97 Å². The Hall–Kier alpha value is -1.94. The number of aromatic carboxylic acids is 1. The van der Waals surface area contributed by atoms with Gasteiger partial charge in [-0.15, -0.1) is 0 Å². The van der Waals surface area contributed by atoms with E-state index in [2.05, 4.69) is 9.97 Å². The molecule has 5 heteroatoms. The molecule has 0 aliphatic rings. The molecule has 80 valence electrons. The van der Waals surface area contributed by atoms with Gasteiger partial charge in [0.15, 0.2) is 0 Å². The third kappa shape index (κ3) is 2.17. The third-order valence-electron chi connectivity index (χ3n) is 2.06. The molecule has 0 aliphatic heterocycles. The zero-order valence-electron chi connectivity index (χ0n) is 8.09. The lowest BCUT2D eigenvalue weighted by molar-refractivity contribution is 0.0697. The van der Waals surface area contributed by atoms with Crippen LogP contribution in [0.2, 0.25) is 5.15 Å². The predicted octanol–water partition coefficient (Wildman–Crippen LogP) is 2.50. The maximum atomic E-state index is 10.7. The SMILES string of the molecule is O=C(O)c1ccc(-c2cc(Cl)ncn2)cc1. The molecule has 1 aromatic carbocycles. The highest BCUT2D eigenvalue weighted by Crippen LogP contribution is 2.19. The second-order valence-corrected chi connectivity index (χ2v) is 3.50. The van der Waals surface area contributed by atoms with E-state index in [1.54, 1.807) is 18.2 Å². The fraction of sp³-hybridized carbons (Fsp3) is 0. The van der Waals surface area contributed by atoms with Crippen molar-refractivity contribution in [2.45, 2.75) is 0 Å². The van der Waals surface area contributed by atoms with Gasteiger partial charge in [-0.25, -0.2) is 14.8 Å². The first kappa shape index (κ1) is 10.6. The minimum atomic E-state index is -0.952. The summed E-state index contributed by atoms with van der Waals surface area (Å²) in [5, 5.41) is 9.10. The number of aromatic nitrogens is 2. The average Bonchev–Trinajstić information content (AvgIpc) is 2.29. The summed E-state index contributed by atoms with van der Waals surface area (Å²) in [4.78, 5) is 18.5. The molecule has 0 radical (unpaired) electrons. The van der Waals surface area contributed by atoms with Crippen LogP contribution in [0.3, 0.4) is 0 Å². The van der Waals surface area contributed by atoms with E-state index in [1.807, 2.05) is 0 Å². The first-order valence-corrected chi connectivity index (χ1v) is 4.86. The fourth-order valence-corrected chi connectivity index (χ4v) is 1.42. The summed E-state index contributed by atoms with van der Waals surface area (Å²) < 4.78 is 0. The van der Waals surface area contributed by atoms with Crippen LogP contribution >= 0.6 is 11.6 Å². The normalized spacial score (nSPS) is 10.1. The van der Waals surface area contributed by atoms with Crippen LogP contribution in [-0.2, 0) is 0 Å². The lowest BCUT2D eigenvalue weighted by atomic mass is 10.1. The number of carboxylic acid groups (broad SMARTS) is 1. The second-order valence-electron chi connectivity index (χ2n) is 3.11. The third-order valence-corrected chi connectivity index (χ3v) is 2.27. The molecule has 0 fully saturated rings. The van der Waals surface area contributed by atoms with Crippen LogP contribution in [0.5, 0.6) is 0 Å². The molecule has 2 rings (SSSR count). The Labute approximate surface area is 96.6 Å². The quantitative estimate of drug-likeness (QED) is 0.811. The first-order valence-electron chi connectivity index (χ1n) is 4.48. The summed E-state index contributed by atoms with van der Waals surface area (Å²) in [6.45, 7) is 0. The number of rotatable bonds is 2. The minimum absolute atomic E-state index is 0.240. The molecule has 1 aromatic heterocycles. The number of nitrogens with zero attached hydrogens (tertiary/aromatic N) is 2. The van der Waals surface area contributed by atoms with Gasteiger partial charge in [0.1, 0.15) is 11.5 Å². The average molecular weight is 235 g/mol. The van der Waals surface area contributed by atoms with E-state index in [0.29, 0.717) is 10.8 Å². The molecule has 16 heavy (non-hydrogen) atoms. The molecule has 1 N–H and O–H groups in total. The molecule has 0 aliphatic carbocycles. The molecule has 4 nitrogen and oxygen atoms in total. The van der Waals surface area contributed by atoms with Crippen LogP contribution in [0.4, 0.5) is 0 Å².